The van der Waals surface area contributed by atoms with Crippen LogP contribution in [0.3, 0.4) is 0 Å². The molecule has 1 aliphatic rings. The molecule has 3 aromatic rings. The highest BCUT2D eigenvalue weighted by Crippen LogP contribution is 2.21. The SMILES string of the molecule is CCc1cccc(C)c1NC(=O)C[NH+]1CC[NH+](Cc2nc3ccccc3s2)CC1. The standard InChI is InChI=1S/C23H28N4OS/c1-3-18-8-6-7-17(2)23(18)25-21(28)15-26-11-13-27(14-12-26)16-22-24-19-9-4-5-10-20(19)29-22/h4-10H,3,11-16H2,1-2H3,(H,25,28)/p+2. The number of hydrogen-bond acceptors (Lipinski definition) is 3. The fourth-order valence-corrected chi connectivity index (χ4v) is 5.17. The second-order valence-electron chi connectivity index (χ2n) is 7.94. The van der Waals surface area contributed by atoms with Gasteiger partial charge in [-0.3, -0.25) is 4.79 Å². The number of benzene rings is 2. The Bertz CT molecular complexity index is 958. The van der Waals surface area contributed by atoms with Crippen LogP contribution in [0.15, 0.2) is 42.5 Å². The lowest BCUT2D eigenvalue weighted by molar-refractivity contribution is -1.01. The summed E-state index contributed by atoms with van der Waals surface area (Å²) >= 11 is 1.81. The quantitative estimate of drug-likeness (QED) is 0.570. The molecule has 1 fully saturated rings. The van der Waals surface area contributed by atoms with Crippen molar-refractivity contribution in [3.05, 3.63) is 58.6 Å². The minimum Gasteiger partial charge on any atom is -0.321 e. The van der Waals surface area contributed by atoms with Crippen molar-refractivity contribution < 1.29 is 14.6 Å². The zero-order chi connectivity index (χ0) is 20.2. The summed E-state index contributed by atoms with van der Waals surface area (Å²) in [6.45, 7) is 9.96. The summed E-state index contributed by atoms with van der Waals surface area (Å²) < 4.78 is 1.27. The first-order valence-electron chi connectivity index (χ1n) is 10.5. The van der Waals surface area contributed by atoms with E-state index >= 15 is 0 Å². The van der Waals surface area contributed by atoms with E-state index in [0.29, 0.717) is 6.54 Å². The summed E-state index contributed by atoms with van der Waals surface area (Å²) in [5.41, 5.74) is 4.45. The van der Waals surface area contributed by atoms with Crippen molar-refractivity contribution in [3.63, 3.8) is 0 Å². The highest BCUT2D eigenvalue weighted by molar-refractivity contribution is 7.18. The van der Waals surface area contributed by atoms with Gasteiger partial charge in [-0.2, -0.15) is 0 Å². The summed E-state index contributed by atoms with van der Waals surface area (Å²) in [6.07, 6.45) is 0.929. The van der Waals surface area contributed by atoms with Gasteiger partial charge in [0.25, 0.3) is 5.91 Å². The van der Waals surface area contributed by atoms with Gasteiger partial charge in [-0.25, -0.2) is 4.98 Å². The second kappa shape index (κ2) is 9.03. The summed E-state index contributed by atoms with van der Waals surface area (Å²) in [5, 5.41) is 4.38. The smallest absolute Gasteiger partial charge is 0.279 e. The lowest BCUT2D eigenvalue weighted by atomic mass is 10.1. The van der Waals surface area contributed by atoms with Crippen molar-refractivity contribution in [2.75, 3.05) is 38.0 Å². The maximum absolute atomic E-state index is 12.6. The molecule has 4 rings (SSSR count). The number of nitrogens with one attached hydrogen (secondary N) is 3. The highest BCUT2D eigenvalue weighted by atomic mass is 32.1. The lowest BCUT2D eigenvalue weighted by Crippen LogP contribution is -3.28. The number of anilines is 1. The molecule has 1 aliphatic heterocycles. The maximum atomic E-state index is 12.6. The van der Waals surface area contributed by atoms with Gasteiger partial charge >= 0.3 is 0 Å². The van der Waals surface area contributed by atoms with Gasteiger partial charge in [-0.15, -0.1) is 11.3 Å². The number of rotatable bonds is 6. The van der Waals surface area contributed by atoms with Crippen LogP contribution in [0.1, 0.15) is 23.1 Å². The third-order valence-corrected chi connectivity index (χ3v) is 6.85. The number of piperazine rings is 1. The van der Waals surface area contributed by atoms with E-state index < -0.39 is 0 Å². The first-order valence-corrected chi connectivity index (χ1v) is 11.3. The number of aryl methyl sites for hydroxylation is 2. The van der Waals surface area contributed by atoms with Crippen LogP contribution in [0.25, 0.3) is 10.2 Å². The van der Waals surface area contributed by atoms with Crippen LogP contribution < -0.4 is 15.1 Å². The molecule has 3 N–H and O–H groups in total. The molecule has 2 heterocycles. The first kappa shape index (κ1) is 20.0. The molecule has 0 bridgehead atoms. The van der Waals surface area contributed by atoms with Crippen molar-refractivity contribution in [3.8, 4) is 0 Å². The number of carbonyl (C=O) groups excluding carboxylic acids is 1. The summed E-state index contributed by atoms with van der Waals surface area (Å²) in [4.78, 5) is 20.3. The number of amides is 1. The lowest BCUT2D eigenvalue weighted by Gasteiger charge is -2.29. The molecular weight excluding hydrogens is 380 g/mol. The Balaban J connectivity index is 1.28. The molecule has 1 saturated heterocycles. The largest absolute Gasteiger partial charge is 0.321 e. The van der Waals surface area contributed by atoms with Crippen LogP contribution in [-0.2, 0) is 17.8 Å². The number of fused-ring (bicyclic) bond motifs is 1. The summed E-state index contributed by atoms with van der Waals surface area (Å²) in [7, 11) is 0. The Hall–Kier alpha value is -2.28. The molecule has 0 atom stereocenters. The molecule has 0 spiro atoms. The Labute approximate surface area is 176 Å². The van der Waals surface area contributed by atoms with Gasteiger partial charge in [0.1, 0.15) is 37.7 Å². The number of quaternary nitrogens is 2. The Morgan fingerprint density at radius 2 is 1.83 bits per heavy atom. The maximum Gasteiger partial charge on any atom is 0.279 e. The van der Waals surface area contributed by atoms with Crippen LogP contribution in [-0.4, -0.2) is 43.6 Å². The number of nitrogens with zero attached hydrogens (tertiary/aromatic N) is 1. The van der Waals surface area contributed by atoms with E-state index in [1.807, 2.05) is 6.07 Å². The van der Waals surface area contributed by atoms with E-state index in [-0.39, 0.29) is 5.91 Å². The van der Waals surface area contributed by atoms with Crippen molar-refractivity contribution in [1.29, 1.82) is 0 Å². The van der Waals surface area contributed by atoms with Gasteiger partial charge in [0.05, 0.1) is 10.2 Å². The molecule has 0 saturated carbocycles. The molecule has 2 aromatic carbocycles. The first-order chi connectivity index (χ1) is 14.1. The molecule has 29 heavy (non-hydrogen) atoms. The average molecular weight is 411 g/mol. The van der Waals surface area contributed by atoms with E-state index in [1.54, 1.807) is 16.2 Å². The van der Waals surface area contributed by atoms with Crippen LogP contribution in [0, 0.1) is 6.92 Å². The van der Waals surface area contributed by atoms with E-state index in [9.17, 15) is 4.79 Å². The third kappa shape index (κ3) is 4.83. The normalized spacial score (nSPS) is 19.4. The number of hydrogen-bond donors (Lipinski definition) is 3. The monoisotopic (exact) mass is 410 g/mol. The van der Waals surface area contributed by atoms with Crippen molar-refractivity contribution >= 4 is 33.1 Å². The third-order valence-electron chi connectivity index (χ3n) is 5.82. The zero-order valence-electron chi connectivity index (χ0n) is 17.3. The van der Waals surface area contributed by atoms with Crippen LogP contribution in [0.2, 0.25) is 0 Å². The summed E-state index contributed by atoms with van der Waals surface area (Å²) in [6, 6.07) is 14.6. The molecule has 0 unspecified atom stereocenters. The Morgan fingerprint density at radius 1 is 1.07 bits per heavy atom. The fraction of sp³-hybridized carbons (Fsp3) is 0.391. The number of carbonyl (C=O) groups is 1. The number of aromatic nitrogens is 1. The van der Waals surface area contributed by atoms with E-state index in [1.165, 1.54) is 20.2 Å². The van der Waals surface area contributed by atoms with Gasteiger partial charge in [-0.1, -0.05) is 37.3 Å². The minimum absolute atomic E-state index is 0.124. The molecule has 1 aromatic heterocycles. The van der Waals surface area contributed by atoms with E-state index in [2.05, 4.69) is 55.6 Å². The van der Waals surface area contributed by atoms with Gasteiger partial charge in [0.2, 0.25) is 0 Å². The minimum atomic E-state index is 0.124. The van der Waals surface area contributed by atoms with Gasteiger partial charge in [-0.05, 0) is 36.6 Å². The van der Waals surface area contributed by atoms with E-state index in [4.69, 9.17) is 4.98 Å². The predicted molar refractivity (Wildman–Crippen MR) is 119 cm³/mol. The van der Waals surface area contributed by atoms with Crippen molar-refractivity contribution in [1.82, 2.24) is 4.98 Å². The van der Waals surface area contributed by atoms with Gasteiger partial charge < -0.3 is 15.1 Å². The molecule has 1 amide bonds. The van der Waals surface area contributed by atoms with Crippen molar-refractivity contribution in [2.24, 2.45) is 0 Å². The topological polar surface area (TPSA) is 50.9 Å². The number of para-hydroxylation sites is 2. The van der Waals surface area contributed by atoms with E-state index in [0.717, 1.165) is 55.9 Å². The molecule has 5 nitrogen and oxygen atoms in total. The zero-order valence-corrected chi connectivity index (χ0v) is 18.1. The second-order valence-corrected chi connectivity index (χ2v) is 9.05. The van der Waals surface area contributed by atoms with Crippen LogP contribution >= 0.6 is 11.3 Å². The fourth-order valence-electron chi connectivity index (χ4n) is 4.13. The summed E-state index contributed by atoms with van der Waals surface area (Å²) in [5.74, 6) is 0.124. The average Bonchev–Trinajstić information content (AvgIpc) is 3.13. The molecule has 6 heteroatoms. The van der Waals surface area contributed by atoms with Gasteiger partial charge in [0, 0.05) is 5.69 Å². The molecule has 0 aliphatic carbocycles. The highest BCUT2D eigenvalue weighted by Gasteiger charge is 2.26. The predicted octanol–water partition coefficient (Wildman–Crippen LogP) is 1.09. The molecular formula is C23H30N4OS+2. The van der Waals surface area contributed by atoms with Crippen LogP contribution in [0.5, 0.6) is 0 Å². The Kier molecular flexibility index (Phi) is 6.23. The van der Waals surface area contributed by atoms with Gasteiger partial charge in [0.15, 0.2) is 6.54 Å². The van der Waals surface area contributed by atoms with Crippen molar-refractivity contribution in [2.45, 2.75) is 26.8 Å². The molecule has 0 radical (unpaired) electrons. The number of thiazole rings is 1. The Morgan fingerprint density at radius 3 is 2.59 bits per heavy atom. The molecule has 152 valence electrons. The van der Waals surface area contributed by atoms with Crippen LogP contribution in [0.4, 0.5) is 5.69 Å².